The first-order chi connectivity index (χ1) is 12.1. The molecule has 2 N–H and O–H groups in total. The summed E-state index contributed by atoms with van der Waals surface area (Å²) in [7, 11) is 1.66. The number of hydrogen-bond donors (Lipinski definition) is 1. The third kappa shape index (κ3) is 3.69. The van der Waals surface area contributed by atoms with Crippen molar-refractivity contribution in [1.82, 2.24) is 4.90 Å². The topological polar surface area (TPSA) is 55.6 Å². The molecule has 4 heteroatoms. The average molecular weight is 338 g/mol. The Morgan fingerprint density at radius 3 is 2.48 bits per heavy atom. The van der Waals surface area contributed by atoms with Crippen molar-refractivity contribution < 1.29 is 9.53 Å². The van der Waals surface area contributed by atoms with Crippen molar-refractivity contribution in [1.29, 1.82) is 0 Å². The maximum Gasteiger partial charge on any atom is 0.227 e. The Hall–Kier alpha value is -2.33. The van der Waals surface area contributed by atoms with Crippen LogP contribution in [0.4, 0.5) is 0 Å². The van der Waals surface area contributed by atoms with Crippen molar-refractivity contribution in [2.75, 3.05) is 13.7 Å². The zero-order chi connectivity index (χ0) is 17.8. The minimum absolute atomic E-state index is 0.129. The lowest BCUT2D eigenvalue weighted by Crippen LogP contribution is -2.39. The second-order valence-corrected chi connectivity index (χ2v) is 6.69. The molecule has 2 aromatic carbocycles. The van der Waals surface area contributed by atoms with Gasteiger partial charge in [0, 0.05) is 12.6 Å². The molecule has 1 aliphatic rings. The van der Waals surface area contributed by atoms with E-state index in [-0.39, 0.29) is 23.9 Å². The molecule has 0 spiro atoms. The summed E-state index contributed by atoms with van der Waals surface area (Å²) < 4.78 is 5.23. The molecule has 1 fully saturated rings. The predicted molar refractivity (Wildman–Crippen MR) is 99.2 cm³/mol. The maximum atomic E-state index is 13.1. The standard InChI is InChI=1S/C21H26N2O2/c1-15(20(22)17-7-4-3-5-8-17)21(24)23-14-6-9-19(23)16-10-12-18(25-2)13-11-16/h3-5,7-8,10-13,15,19-20H,6,9,14,22H2,1-2H3. The van der Waals surface area contributed by atoms with Crippen molar-refractivity contribution in [2.24, 2.45) is 11.7 Å². The minimum atomic E-state index is -0.286. The first-order valence-electron chi connectivity index (χ1n) is 8.86. The quantitative estimate of drug-likeness (QED) is 0.904. The van der Waals surface area contributed by atoms with Gasteiger partial charge in [0.15, 0.2) is 0 Å². The van der Waals surface area contributed by atoms with Gasteiger partial charge in [-0.25, -0.2) is 0 Å². The van der Waals surface area contributed by atoms with Crippen LogP contribution >= 0.6 is 0 Å². The van der Waals surface area contributed by atoms with Crippen LogP contribution in [0.5, 0.6) is 5.75 Å². The van der Waals surface area contributed by atoms with E-state index in [0.717, 1.165) is 36.3 Å². The van der Waals surface area contributed by atoms with Gasteiger partial charge in [0.25, 0.3) is 0 Å². The Balaban J connectivity index is 1.75. The summed E-state index contributed by atoms with van der Waals surface area (Å²) >= 11 is 0. The van der Waals surface area contributed by atoms with Gasteiger partial charge in [0.1, 0.15) is 5.75 Å². The second kappa shape index (κ2) is 7.70. The van der Waals surface area contributed by atoms with Crippen molar-refractivity contribution in [3.8, 4) is 5.75 Å². The molecule has 4 nitrogen and oxygen atoms in total. The van der Waals surface area contributed by atoms with Gasteiger partial charge in [-0.05, 0) is 36.1 Å². The highest BCUT2D eigenvalue weighted by Crippen LogP contribution is 2.35. The molecule has 1 amide bonds. The lowest BCUT2D eigenvalue weighted by molar-refractivity contribution is -0.136. The maximum absolute atomic E-state index is 13.1. The normalized spacial score (nSPS) is 19.5. The molecule has 2 aromatic rings. The highest BCUT2D eigenvalue weighted by Gasteiger charge is 2.34. The van der Waals surface area contributed by atoms with E-state index in [1.807, 2.05) is 54.3 Å². The lowest BCUT2D eigenvalue weighted by Gasteiger charge is -2.30. The van der Waals surface area contributed by atoms with Gasteiger partial charge in [-0.15, -0.1) is 0 Å². The molecule has 1 heterocycles. The van der Waals surface area contributed by atoms with Gasteiger partial charge in [-0.3, -0.25) is 4.79 Å². The summed E-state index contributed by atoms with van der Waals surface area (Å²) in [5.74, 6) is 0.718. The molecule has 0 radical (unpaired) electrons. The van der Waals surface area contributed by atoms with Crippen LogP contribution in [0.1, 0.15) is 43.0 Å². The first-order valence-corrected chi connectivity index (χ1v) is 8.86. The van der Waals surface area contributed by atoms with E-state index in [1.54, 1.807) is 7.11 Å². The number of likely N-dealkylation sites (tertiary alicyclic amines) is 1. The second-order valence-electron chi connectivity index (χ2n) is 6.69. The number of ether oxygens (including phenoxy) is 1. The summed E-state index contributed by atoms with van der Waals surface area (Å²) in [6, 6.07) is 17.7. The van der Waals surface area contributed by atoms with Gasteiger partial charge in [0.05, 0.1) is 19.1 Å². The third-order valence-electron chi connectivity index (χ3n) is 5.15. The number of nitrogens with zero attached hydrogens (tertiary/aromatic N) is 1. The van der Waals surface area contributed by atoms with E-state index in [1.165, 1.54) is 0 Å². The fraction of sp³-hybridized carbons (Fsp3) is 0.381. The van der Waals surface area contributed by atoms with Crippen LogP contribution in [0.2, 0.25) is 0 Å². The highest BCUT2D eigenvalue weighted by atomic mass is 16.5. The van der Waals surface area contributed by atoms with Gasteiger partial charge >= 0.3 is 0 Å². The number of amides is 1. The van der Waals surface area contributed by atoms with Crippen molar-refractivity contribution in [2.45, 2.75) is 31.8 Å². The van der Waals surface area contributed by atoms with Crippen LogP contribution in [0, 0.1) is 5.92 Å². The average Bonchev–Trinajstić information content (AvgIpc) is 3.16. The molecular weight excluding hydrogens is 312 g/mol. The van der Waals surface area contributed by atoms with E-state index in [0.29, 0.717) is 0 Å². The van der Waals surface area contributed by atoms with Crippen LogP contribution < -0.4 is 10.5 Å². The molecule has 0 saturated carbocycles. The van der Waals surface area contributed by atoms with Gasteiger partial charge in [0.2, 0.25) is 5.91 Å². The van der Waals surface area contributed by atoms with Crippen molar-refractivity contribution >= 4 is 5.91 Å². The van der Waals surface area contributed by atoms with E-state index < -0.39 is 0 Å². The van der Waals surface area contributed by atoms with Crippen LogP contribution in [0.3, 0.4) is 0 Å². The zero-order valence-corrected chi connectivity index (χ0v) is 14.9. The molecule has 1 aliphatic heterocycles. The number of nitrogens with two attached hydrogens (primary N) is 1. The van der Waals surface area contributed by atoms with Gasteiger partial charge in [-0.1, -0.05) is 49.4 Å². The number of rotatable bonds is 5. The fourth-order valence-electron chi connectivity index (χ4n) is 3.58. The summed E-state index contributed by atoms with van der Waals surface area (Å²) in [5, 5.41) is 0. The van der Waals surface area contributed by atoms with Gasteiger partial charge in [-0.2, -0.15) is 0 Å². The summed E-state index contributed by atoms with van der Waals surface area (Å²) in [4.78, 5) is 15.1. The minimum Gasteiger partial charge on any atom is -0.497 e. The largest absolute Gasteiger partial charge is 0.497 e. The molecule has 3 unspecified atom stereocenters. The molecule has 3 atom stereocenters. The van der Waals surface area contributed by atoms with Crippen molar-refractivity contribution in [3.63, 3.8) is 0 Å². The fourth-order valence-corrected chi connectivity index (χ4v) is 3.58. The molecule has 0 aromatic heterocycles. The third-order valence-corrected chi connectivity index (χ3v) is 5.15. The molecule has 1 saturated heterocycles. The molecule has 0 aliphatic carbocycles. The van der Waals surface area contributed by atoms with E-state index in [9.17, 15) is 4.79 Å². The monoisotopic (exact) mass is 338 g/mol. The zero-order valence-electron chi connectivity index (χ0n) is 14.9. The number of methoxy groups -OCH3 is 1. The Morgan fingerprint density at radius 2 is 1.84 bits per heavy atom. The summed E-state index contributed by atoms with van der Waals surface area (Å²) in [5.41, 5.74) is 8.53. The van der Waals surface area contributed by atoms with Crippen LogP contribution in [0.25, 0.3) is 0 Å². The smallest absolute Gasteiger partial charge is 0.227 e. The van der Waals surface area contributed by atoms with Crippen LogP contribution in [-0.4, -0.2) is 24.5 Å². The van der Waals surface area contributed by atoms with Crippen LogP contribution in [0.15, 0.2) is 54.6 Å². The van der Waals surface area contributed by atoms with E-state index in [4.69, 9.17) is 10.5 Å². The molecular formula is C21H26N2O2. The number of carbonyl (C=O) groups excluding carboxylic acids is 1. The van der Waals surface area contributed by atoms with E-state index >= 15 is 0 Å². The SMILES string of the molecule is COc1ccc(C2CCCN2C(=O)C(C)C(N)c2ccccc2)cc1. The summed E-state index contributed by atoms with van der Waals surface area (Å²) in [6.07, 6.45) is 2.01. The van der Waals surface area contributed by atoms with Gasteiger partial charge < -0.3 is 15.4 Å². The molecule has 132 valence electrons. The Labute approximate surface area is 149 Å². The Kier molecular flexibility index (Phi) is 5.39. The molecule has 25 heavy (non-hydrogen) atoms. The number of hydrogen-bond acceptors (Lipinski definition) is 3. The number of benzene rings is 2. The Bertz CT molecular complexity index is 700. The summed E-state index contributed by atoms with van der Waals surface area (Å²) in [6.45, 7) is 2.73. The first kappa shape index (κ1) is 17.5. The molecule has 3 rings (SSSR count). The number of carbonyl (C=O) groups is 1. The van der Waals surface area contributed by atoms with Crippen molar-refractivity contribution in [3.05, 3.63) is 65.7 Å². The lowest BCUT2D eigenvalue weighted by atomic mass is 9.93. The predicted octanol–water partition coefficient (Wildman–Crippen LogP) is 3.69. The Morgan fingerprint density at radius 1 is 1.16 bits per heavy atom. The highest BCUT2D eigenvalue weighted by molar-refractivity contribution is 5.80. The molecule has 0 bridgehead atoms. The van der Waals surface area contributed by atoms with Crippen LogP contribution in [-0.2, 0) is 4.79 Å². The van der Waals surface area contributed by atoms with E-state index in [2.05, 4.69) is 12.1 Å².